The maximum absolute atomic E-state index is 13.0. The third kappa shape index (κ3) is 11.9. The van der Waals surface area contributed by atoms with E-state index >= 15 is 0 Å². The van der Waals surface area contributed by atoms with Crippen molar-refractivity contribution in [1.82, 2.24) is 10.2 Å². The van der Waals surface area contributed by atoms with Crippen molar-refractivity contribution in [3.05, 3.63) is 60.2 Å². The Hall–Kier alpha value is -2.81. The first kappa shape index (κ1) is 32.2. The predicted octanol–water partition coefficient (Wildman–Crippen LogP) is 3.51. The van der Waals surface area contributed by atoms with Gasteiger partial charge in [-0.1, -0.05) is 32.6 Å². The number of rotatable bonds is 15. The number of carbonyl (C=O) groups is 2. The summed E-state index contributed by atoms with van der Waals surface area (Å²) in [5.41, 5.74) is 1.61. The summed E-state index contributed by atoms with van der Waals surface area (Å²) in [6, 6.07) is 4.39. The first-order chi connectivity index (χ1) is 16.7. The molecule has 8 heteroatoms. The van der Waals surface area contributed by atoms with Gasteiger partial charge in [-0.3, -0.25) is 9.59 Å². The largest absolute Gasteiger partial charge is 0.388 e. The maximum Gasteiger partial charge on any atom is 0.253 e. The number of hydrogen-bond donors (Lipinski definition) is 4. The molecule has 0 saturated heterocycles. The van der Waals surface area contributed by atoms with E-state index in [9.17, 15) is 19.8 Å². The molecular weight excluding hydrogens is 446 g/mol. The first-order valence-corrected chi connectivity index (χ1v) is 12.0. The van der Waals surface area contributed by atoms with Gasteiger partial charge in [0.05, 0.1) is 12.6 Å². The second-order valence-electron chi connectivity index (χ2n) is 8.24. The molecule has 0 spiro atoms. The van der Waals surface area contributed by atoms with Crippen molar-refractivity contribution in [2.24, 2.45) is 0 Å². The van der Waals surface area contributed by atoms with E-state index in [0.717, 1.165) is 24.6 Å². The molecule has 0 aliphatic rings. The molecule has 0 bridgehead atoms. The summed E-state index contributed by atoms with van der Waals surface area (Å²) in [5, 5.41) is 29.6. The standard InChI is InChI=1S/C24H38N2O5.C3H5N/c1-6-9-10-20(22(28)21(27)16-31-5)25-23(29)18-13-17(4)14-19(15-18)24(30)26(11-7-2)12-8-3;1-2-3-4/h6,13-15,20-22,27-28H,1,7-12,16H2,2-5H3,(H,25,29);2-4H,1H2. The van der Waals surface area contributed by atoms with Crippen LogP contribution in [0.2, 0.25) is 0 Å². The van der Waals surface area contributed by atoms with Crippen LogP contribution in [0.3, 0.4) is 0 Å². The van der Waals surface area contributed by atoms with E-state index in [1.807, 2.05) is 20.8 Å². The fourth-order valence-corrected chi connectivity index (χ4v) is 3.49. The lowest BCUT2D eigenvalue weighted by Crippen LogP contribution is -2.49. The minimum Gasteiger partial charge on any atom is -0.388 e. The van der Waals surface area contributed by atoms with Crippen molar-refractivity contribution < 1.29 is 24.5 Å². The Labute approximate surface area is 210 Å². The van der Waals surface area contributed by atoms with Crippen LogP contribution in [-0.4, -0.2) is 78.2 Å². The Morgan fingerprint density at radius 1 is 1.14 bits per heavy atom. The highest BCUT2D eigenvalue weighted by atomic mass is 16.5. The van der Waals surface area contributed by atoms with Gasteiger partial charge in [-0.25, -0.2) is 0 Å². The number of aliphatic hydroxyl groups excluding tert-OH is 2. The Bertz CT molecular complexity index is 800. The third-order valence-electron chi connectivity index (χ3n) is 5.12. The molecule has 196 valence electrons. The molecule has 8 nitrogen and oxygen atoms in total. The van der Waals surface area contributed by atoms with Gasteiger partial charge in [0, 0.05) is 37.5 Å². The van der Waals surface area contributed by atoms with Crippen LogP contribution in [0.4, 0.5) is 0 Å². The number of nitrogens with zero attached hydrogens (tertiary/aromatic N) is 1. The molecule has 35 heavy (non-hydrogen) atoms. The van der Waals surface area contributed by atoms with Gasteiger partial charge in [0.25, 0.3) is 11.8 Å². The second kappa shape index (κ2) is 18.5. The Morgan fingerprint density at radius 2 is 1.71 bits per heavy atom. The Kier molecular flexibility index (Phi) is 17.0. The molecule has 4 N–H and O–H groups in total. The van der Waals surface area contributed by atoms with Crippen molar-refractivity contribution in [2.75, 3.05) is 26.8 Å². The average Bonchev–Trinajstić information content (AvgIpc) is 2.85. The highest BCUT2D eigenvalue weighted by Crippen LogP contribution is 2.15. The number of ether oxygens (including phenoxy) is 1. The molecule has 1 rings (SSSR count). The summed E-state index contributed by atoms with van der Waals surface area (Å²) in [4.78, 5) is 27.7. The summed E-state index contributed by atoms with van der Waals surface area (Å²) < 4.78 is 4.90. The van der Waals surface area contributed by atoms with E-state index in [0.29, 0.717) is 37.1 Å². The monoisotopic (exact) mass is 489 g/mol. The van der Waals surface area contributed by atoms with Crippen molar-refractivity contribution in [2.45, 2.75) is 64.7 Å². The molecule has 0 heterocycles. The Balaban J connectivity index is 0.00000267. The smallest absolute Gasteiger partial charge is 0.253 e. The molecule has 0 saturated carbocycles. The summed E-state index contributed by atoms with van der Waals surface area (Å²) in [5.74, 6) is -0.506. The summed E-state index contributed by atoms with van der Waals surface area (Å²) in [7, 11) is 1.43. The zero-order chi connectivity index (χ0) is 26.8. The molecule has 0 aliphatic heterocycles. The van der Waals surface area contributed by atoms with E-state index in [1.165, 1.54) is 13.2 Å². The number of nitrogens with one attached hydrogen (secondary N) is 2. The number of methoxy groups -OCH3 is 1. The minimum absolute atomic E-state index is 0.0462. The van der Waals surface area contributed by atoms with E-state index < -0.39 is 24.2 Å². The normalized spacial score (nSPS) is 12.9. The van der Waals surface area contributed by atoms with E-state index in [-0.39, 0.29) is 12.5 Å². The van der Waals surface area contributed by atoms with Crippen LogP contribution in [0.1, 0.15) is 65.8 Å². The van der Waals surface area contributed by atoms with Gasteiger partial charge < -0.3 is 30.6 Å². The van der Waals surface area contributed by atoms with Crippen LogP contribution in [0, 0.1) is 12.3 Å². The number of benzene rings is 1. The van der Waals surface area contributed by atoms with Gasteiger partial charge in [-0.2, -0.15) is 0 Å². The summed E-state index contributed by atoms with van der Waals surface area (Å²) in [6.07, 6.45) is 4.60. The van der Waals surface area contributed by atoms with E-state index in [4.69, 9.17) is 10.1 Å². The maximum atomic E-state index is 13.0. The number of aryl methyl sites for hydroxylation is 1. The third-order valence-corrected chi connectivity index (χ3v) is 5.12. The van der Waals surface area contributed by atoms with Gasteiger partial charge in [-0.15, -0.1) is 6.58 Å². The molecule has 2 amide bonds. The lowest BCUT2D eigenvalue weighted by Gasteiger charge is -2.27. The minimum atomic E-state index is -1.20. The van der Waals surface area contributed by atoms with Crippen molar-refractivity contribution in [3.8, 4) is 0 Å². The number of hydrogen-bond acceptors (Lipinski definition) is 6. The average molecular weight is 490 g/mol. The van der Waals surface area contributed by atoms with E-state index in [1.54, 1.807) is 29.2 Å². The van der Waals surface area contributed by atoms with Crippen LogP contribution in [0.25, 0.3) is 0 Å². The van der Waals surface area contributed by atoms with Gasteiger partial charge >= 0.3 is 0 Å². The van der Waals surface area contributed by atoms with Crippen LogP contribution in [-0.2, 0) is 4.74 Å². The van der Waals surface area contributed by atoms with Gasteiger partial charge in [0.2, 0.25) is 0 Å². The fraction of sp³-hybridized carbons (Fsp3) is 0.519. The molecule has 3 unspecified atom stereocenters. The van der Waals surface area contributed by atoms with Gasteiger partial charge in [-0.05, 0) is 56.4 Å². The molecule has 0 fully saturated rings. The molecular formula is C27H43N3O5. The zero-order valence-corrected chi connectivity index (χ0v) is 21.6. The number of carbonyl (C=O) groups excluding carboxylic acids is 2. The molecule has 1 aromatic carbocycles. The van der Waals surface area contributed by atoms with Crippen LogP contribution in [0.15, 0.2) is 43.5 Å². The second-order valence-corrected chi connectivity index (χ2v) is 8.24. The molecule has 0 aliphatic carbocycles. The van der Waals surface area contributed by atoms with Crippen LogP contribution < -0.4 is 5.32 Å². The number of aliphatic hydroxyl groups is 2. The van der Waals surface area contributed by atoms with Crippen LogP contribution in [0.5, 0.6) is 0 Å². The summed E-state index contributed by atoms with van der Waals surface area (Å²) in [6.45, 7) is 14.1. The molecule has 3 atom stereocenters. The first-order valence-electron chi connectivity index (χ1n) is 12.0. The quantitative estimate of drug-likeness (QED) is 0.222. The lowest BCUT2D eigenvalue weighted by atomic mass is 9.99. The van der Waals surface area contributed by atoms with Crippen molar-refractivity contribution in [1.29, 1.82) is 5.41 Å². The lowest BCUT2D eigenvalue weighted by molar-refractivity contribution is -0.0418. The highest BCUT2D eigenvalue weighted by Gasteiger charge is 2.28. The summed E-state index contributed by atoms with van der Waals surface area (Å²) >= 11 is 0. The Morgan fingerprint density at radius 3 is 2.20 bits per heavy atom. The van der Waals surface area contributed by atoms with E-state index in [2.05, 4.69) is 18.5 Å². The number of amides is 2. The predicted molar refractivity (Wildman–Crippen MR) is 141 cm³/mol. The van der Waals surface area contributed by atoms with Crippen molar-refractivity contribution >= 4 is 18.0 Å². The molecule has 0 radical (unpaired) electrons. The number of allylic oxidation sites excluding steroid dienone is 2. The topological polar surface area (TPSA) is 123 Å². The van der Waals surface area contributed by atoms with Gasteiger partial charge in [0.15, 0.2) is 0 Å². The SMILES string of the molecule is C=CC=N.C=CCCC(NC(=O)c1cc(C)cc(C(=O)N(CCC)CCC)c1)C(O)C(O)COC. The fourth-order valence-electron chi connectivity index (χ4n) is 3.49. The molecule has 0 aromatic heterocycles. The highest BCUT2D eigenvalue weighted by molar-refractivity contribution is 6.00. The van der Waals surface area contributed by atoms with Gasteiger partial charge in [0.1, 0.15) is 12.2 Å². The van der Waals surface area contributed by atoms with Crippen LogP contribution >= 0.6 is 0 Å². The zero-order valence-electron chi connectivity index (χ0n) is 21.6. The molecule has 1 aromatic rings. The van der Waals surface area contributed by atoms with Crippen molar-refractivity contribution in [3.63, 3.8) is 0 Å².